The number of hydrogen-bond acceptors (Lipinski definition) is 3. The molecule has 0 saturated carbocycles. The van der Waals surface area contributed by atoms with Gasteiger partial charge in [0.2, 0.25) is 5.91 Å². The number of carbonyl (C=O) groups excluding carboxylic acids is 1. The first-order valence-electron chi connectivity index (χ1n) is 5.23. The molecule has 0 aromatic heterocycles. The molecule has 1 aliphatic rings. The molecule has 5 heteroatoms. The number of ether oxygens (including phenoxy) is 1. The van der Waals surface area contributed by atoms with Gasteiger partial charge in [-0.15, -0.1) is 12.4 Å². The van der Waals surface area contributed by atoms with Crippen molar-refractivity contribution in [2.45, 2.75) is 12.8 Å². The van der Waals surface area contributed by atoms with Gasteiger partial charge in [-0.25, -0.2) is 0 Å². The molecular formula is C10H21ClN2O2. The maximum absolute atomic E-state index is 11.8. The molecule has 0 spiro atoms. The van der Waals surface area contributed by atoms with Gasteiger partial charge in [-0.05, 0) is 19.9 Å². The molecule has 1 amide bonds. The van der Waals surface area contributed by atoms with E-state index in [1.165, 1.54) is 0 Å². The van der Waals surface area contributed by atoms with Gasteiger partial charge in [0.05, 0.1) is 0 Å². The summed E-state index contributed by atoms with van der Waals surface area (Å²) in [7, 11) is 3.77. The van der Waals surface area contributed by atoms with Crippen LogP contribution in [-0.2, 0) is 9.53 Å². The number of nitrogens with one attached hydrogen (secondary N) is 1. The van der Waals surface area contributed by atoms with Crippen LogP contribution in [0.5, 0.6) is 0 Å². The van der Waals surface area contributed by atoms with Gasteiger partial charge in [0.25, 0.3) is 0 Å². The van der Waals surface area contributed by atoms with E-state index in [1.54, 1.807) is 0 Å². The fourth-order valence-corrected chi connectivity index (χ4v) is 1.65. The summed E-state index contributed by atoms with van der Waals surface area (Å²) >= 11 is 0. The average molecular weight is 237 g/mol. The highest BCUT2D eigenvalue weighted by atomic mass is 35.5. The van der Waals surface area contributed by atoms with Crippen LogP contribution in [0.4, 0.5) is 0 Å². The lowest BCUT2D eigenvalue weighted by Crippen LogP contribution is -2.38. The largest absolute Gasteiger partial charge is 0.381 e. The average Bonchev–Trinajstić information content (AvgIpc) is 2.26. The Morgan fingerprint density at radius 3 is 2.60 bits per heavy atom. The van der Waals surface area contributed by atoms with Crippen molar-refractivity contribution in [3.05, 3.63) is 0 Å². The molecule has 0 unspecified atom stereocenters. The first-order valence-corrected chi connectivity index (χ1v) is 5.23. The van der Waals surface area contributed by atoms with E-state index >= 15 is 0 Å². The highest BCUT2D eigenvalue weighted by Crippen LogP contribution is 2.16. The molecule has 1 fully saturated rings. The topological polar surface area (TPSA) is 41.6 Å². The molecule has 0 bridgehead atoms. The van der Waals surface area contributed by atoms with Crippen molar-refractivity contribution in [3.8, 4) is 0 Å². The van der Waals surface area contributed by atoms with E-state index in [2.05, 4.69) is 5.32 Å². The van der Waals surface area contributed by atoms with Crippen LogP contribution in [0.1, 0.15) is 12.8 Å². The minimum atomic E-state index is 0. The van der Waals surface area contributed by atoms with Gasteiger partial charge >= 0.3 is 0 Å². The van der Waals surface area contributed by atoms with Crippen LogP contribution >= 0.6 is 12.4 Å². The molecule has 0 aromatic carbocycles. The van der Waals surface area contributed by atoms with Crippen LogP contribution in [0.15, 0.2) is 0 Å². The Hall–Kier alpha value is -0.320. The van der Waals surface area contributed by atoms with Gasteiger partial charge in [0.1, 0.15) is 0 Å². The maximum atomic E-state index is 11.8. The van der Waals surface area contributed by atoms with Crippen molar-refractivity contribution in [2.75, 3.05) is 40.4 Å². The molecule has 15 heavy (non-hydrogen) atoms. The molecule has 1 heterocycles. The zero-order valence-corrected chi connectivity index (χ0v) is 10.3. The highest BCUT2D eigenvalue weighted by molar-refractivity contribution is 5.85. The van der Waals surface area contributed by atoms with Crippen molar-refractivity contribution in [1.29, 1.82) is 0 Å². The Kier molecular flexibility index (Phi) is 7.74. The zero-order valence-electron chi connectivity index (χ0n) is 9.49. The maximum Gasteiger partial charge on any atom is 0.225 e. The first kappa shape index (κ1) is 14.7. The van der Waals surface area contributed by atoms with Crippen molar-refractivity contribution in [1.82, 2.24) is 10.2 Å². The summed E-state index contributed by atoms with van der Waals surface area (Å²) in [5.41, 5.74) is 0. The molecule has 0 atom stereocenters. The summed E-state index contributed by atoms with van der Waals surface area (Å²) < 4.78 is 5.23. The van der Waals surface area contributed by atoms with E-state index in [1.807, 2.05) is 19.0 Å². The van der Waals surface area contributed by atoms with Gasteiger partial charge in [-0.1, -0.05) is 0 Å². The van der Waals surface area contributed by atoms with Gasteiger partial charge in [-0.2, -0.15) is 0 Å². The molecule has 1 N–H and O–H groups in total. The third kappa shape index (κ3) is 4.82. The molecular weight excluding hydrogens is 216 g/mol. The lowest BCUT2D eigenvalue weighted by molar-refractivity contribution is -0.137. The standard InChI is InChI=1S/C10H20N2O2.ClH/c1-11-5-6-12(2)10(13)9-3-7-14-8-4-9;/h9,11H,3-8H2,1-2H3;1H. The second kappa shape index (κ2) is 7.91. The third-order valence-corrected chi connectivity index (χ3v) is 2.64. The van der Waals surface area contributed by atoms with Crippen LogP contribution in [0.3, 0.4) is 0 Å². The lowest BCUT2D eigenvalue weighted by atomic mass is 9.99. The summed E-state index contributed by atoms with van der Waals surface area (Å²) in [4.78, 5) is 13.7. The number of carbonyl (C=O) groups is 1. The van der Waals surface area contributed by atoms with Crippen LogP contribution < -0.4 is 5.32 Å². The quantitative estimate of drug-likeness (QED) is 0.774. The summed E-state index contributed by atoms with van der Waals surface area (Å²) in [6.07, 6.45) is 1.76. The number of amides is 1. The molecule has 1 saturated heterocycles. The Bertz CT molecular complexity index is 184. The summed E-state index contributed by atoms with van der Waals surface area (Å²) in [6, 6.07) is 0. The van der Waals surface area contributed by atoms with E-state index in [9.17, 15) is 4.79 Å². The minimum absolute atomic E-state index is 0. The van der Waals surface area contributed by atoms with Crippen LogP contribution in [0, 0.1) is 5.92 Å². The van der Waals surface area contributed by atoms with E-state index in [0.29, 0.717) is 0 Å². The minimum Gasteiger partial charge on any atom is -0.381 e. The monoisotopic (exact) mass is 236 g/mol. The molecule has 4 nitrogen and oxygen atoms in total. The van der Waals surface area contributed by atoms with E-state index in [-0.39, 0.29) is 24.2 Å². The Labute approximate surface area is 97.8 Å². The van der Waals surface area contributed by atoms with Gasteiger partial charge in [-0.3, -0.25) is 4.79 Å². The summed E-state index contributed by atoms with van der Waals surface area (Å²) in [5, 5.41) is 3.04. The van der Waals surface area contributed by atoms with Crippen molar-refractivity contribution in [3.63, 3.8) is 0 Å². The zero-order chi connectivity index (χ0) is 10.4. The lowest BCUT2D eigenvalue weighted by Gasteiger charge is -2.26. The molecule has 1 rings (SSSR count). The van der Waals surface area contributed by atoms with Gasteiger partial charge in [0, 0.05) is 39.3 Å². The number of likely N-dealkylation sites (N-methyl/N-ethyl adjacent to an activating group) is 2. The molecule has 1 aliphatic heterocycles. The molecule has 0 aromatic rings. The smallest absolute Gasteiger partial charge is 0.225 e. The van der Waals surface area contributed by atoms with E-state index in [0.717, 1.165) is 39.1 Å². The van der Waals surface area contributed by atoms with Crippen LogP contribution in [-0.4, -0.2) is 51.2 Å². The Balaban J connectivity index is 0.00000196. The highest BCUT2D eigenvalue weighted by Gasteiger charge is 2.23. The number of nitrogens with zero attached hydrogens (tertiary/aromatic N) is 1. The fraction of sp³-hybridized carbons (Fsp3) is 0.900. The third-order valence-electron chi connectivity index (χ3n) is 2.64. The van der Waals surface area contributed by atoms with E-state index in [4.69, 9.17) is 4.74 Å². The first-order chi connectivity index (χ1) is 6.75. The number of halogens is 1. The van der Waals surface area contributed by atoms with Crippen LogP contribution in [0.25, 0.3) is 0 Å². The Morgan fingerprint density at radius 1 is 1.47 bits per heavy atom. The van der Waals surface area contributed by atoms with Gasteiger partial charge < -0.3 is 15.0 Å². The second-order valence-corrected chi connectivity index (χ2v) is 3.75. The summed E-state index contributed by atoms with van der Waals surface area (Å²) in [6.45, 7) is 3.10. The van der Waals surface area contributed by atoms with E-state index < -0.39 is 0 Å². The molecule has 90 valence electrons. The fourth-order valence-electron chi connectivity index (χ4n) is 1.65. The predicted molar refractivity (Wildman–Crippen MR) is 62.4 cm³/mol. The molecule has 0 radical (unpaired) electrons. The number of rotatable bonds is 4. The van der Waals surface area contributed by atoms with Crippen molar-refractivity contribution in [2.24, 2.45) is 5.92 Å². The van der Waals surface area contributed by atoms with Crippen molar-refractivity contribution < 1.29 is 9.53 Å². The SMILES string of the molecule is CNCCN(C)C(=O)C1CCOCC1.Cl. The van der Waals surface area contributed by atoms with Crippen LogP contribution in [0.2, 0.25) is 0 Å². The predicted octanol–water partition coefficient (Wildman–Crippen LogP) is 0.513. The Morgan fingerprint density at radius 2 is 2.07 bits per heavy atom. The molecule has 0 aliphatic carbocycles. The second-order valence-electron chi connectivity index (χ2n) is 3.75. The normalized spacial score (nSPS) is 16.9. The van der Waals surface area contributed by atoms with Gasteiger partial charge in [0.15, 0.2) is 0 Å². The van der Waals surface area contributed by atoms with Crippen molar-refractivity contribution >= 4 is 18.3 Å². The number of hydrogen-bond donors (Lipinski definition) is 1. The summed E-state index contributed by atoms with van der Waals surface area (Å²) in [5.74, 6) is 0.453.